The Balaban J connectivity index is 1.74. The number of nitrogens with one attached hydrogen (secondary N) is 1. The molecule has 0 spiro atoms. The molecule has 7 heteroatoms. The molecule has 0 aliphatic heterocycles. The van der Waals surface area contributed by atoms with Crippen molar-refractivity contribution in [2.24, 2.45) is 0 Å². The molecule has 0 aliphatic carbocycles. The first-order valence-electron chi connectivity index (χ1n) is 7.85. The zero-order valence-corrected chi connectivity index (χ0v) is 14.1. The first-order chi connectivity index (χ1) is 12.5. The lowest BCUT2D eigenvalue weighted by Crippen LogP contribution is -2.26. The van der Waals surface area contributed by atoms with Crippen molar-refractivity contribution in [3.63, 3.8) is 0 Å². The summed E-state index contributed by atoms with van der Waals surface area (Å²) in [6.45, 7) is 1.71. The van der Waals surface area contributed by atoms with E-state index in [-0.39, 0.29) is 22.8 Å². The number of aromatic nitrogens is 1. The van der Waals surface area contributed by atoms with Gasteiger partial charge in [0.15, 0.2) is 23.0 Å². The number of nitrogens with zero attached hydrogens (tertiary/aromatic N) is 1. The van der Waals surface area contributed by atoms with Crippen molar-refractivity contribution in [2.75, 3.05) is 7.11 Å². The van der Waals surface area contributed by atoms with Crippen molar-refractivity contribution < 1.29 is 22.8 Å². The number of carbonyl (C=O) groups is 1. The van der Waals surface area contributed by atoms with Crippen LogP contribution in [0.5, 0.6) is 5.75 Å². The average molecular weight is 358 g/mol. The zero-order chi connectivity index (χ0) is 18.7. The molecule has 1 N–H and O–H groups in total. The smallest absolute Gasteiger partial charge is 0.273 e. The highest BCUT2D eigenvalue weighted by molar-refractivity contribution is 5.93. The van der Waals surface area contributed by atoms with Crippen molar-refractivity contribution >= 4 is 5.91 Å². The second kappa shape index (κ2) is 7.35. The number of hydrogen-bond donors (Lipinski definition) is 1. The molecule has 2 aromatic carbocycles. The van der Waals surface area contributed by atoms with Gasteiger partial charge in [-0.1, -0.05) is 23.4 Å². The van der Waals surface area contributed by atoms with E-state index in [2.05, 4.69) is 10.5 Å². The highest BCUT2D eigenvalue weighted by Gasteiger charge is 2.18. The lowest BCUT2D eigenvalue weighted by atomic mass is 10.1. The molecule has 0 radical (unpaired) electrons. The zero-order valence-electron chi connectivity index (χ0n) is 14.1. The molecule has 0 saturated heterocycles. The average Bonchev–Trinajstić information content (AvgIpc) is 3.12. The molecule has 1 heterocycles. The van der Waals surface area contributed by atoms with Crippen LogP contribution in [0.25, 0.3) is 11.3 Å². The van der Waals surface area contributed by atoms with Crippen LogP contribution in [0.3, 0.4) is 0 Å². The van der Waals surface area contributed by atoms with Gasteiger partial charge >= 0.3 is 0 Å². The number of benzene rings is 2. The molecule has 0 bridgehead atoms. The van der Waals surface area contributed by atoms with Crippen molar-refractivity contribution in [2.45, 2.75) is 13.0 Å². The molecule has 1 aromatic heterocycles. The van der Waals surface area contributed by atoms with Crippen molar-refractivity contribution in [3.05, 3.63) is 71.4 Å². The van der Waals surface area contributed by atoms with E-state index < -0.39 is 23.6 Å². The van der Waals surface area contributed by atoms with Crippen LogP contribution in [0, 0.1) is 11.6 Å². The third kappa shape index (κ3) is 3.56. The summed E-state index contributed by atoms with van der Waals surface area (Å²) in [6.07, 6.45) is 0. The van der Waals surface area contributed by atoms with Gasteiger partial charge in [0.05, 0.1) is 18.7 Å². The van der Waals surface area contributed by atoms with E-state index in [1.807, 2.05) is 0 Å². The summed E-state index contributed by atoms with van der Waals surface area (Å²) in [5, 5.41) is 6.37. The van der Waals surface area contributed by atoms with Gasteiger partial charge in [-0.3, -0.25) is 4.79 Å². The van der Waals surface area contributed by atoms with Crippen molar-refractivity contribution in [3.8, 4) is 17.1 Å². The maximum Gasteiger partial charge on any atom is 0.273 e. The Kier molecular flexibility index (Phi) is 4.97. The first kappa shape index (κ1) is 17.6. The van der Waals surface area contributed by atoms with Crippen molar-refractivity contribution in [1.82, 2.24) is 10.5 Å². The van der Waals surface area contributed by atoms with Gasteiger partial charge in [-0.25, -0.2) is 8.78 Å². The molecule has 3 aromatic rings. The Morgan fingerprint density at radius 3 is 2.62 bits per heavy atom. The SMILES string of the molecule is COc1ccc(C(C)NC(=O)c2cc(-c3ccccc3F)on2)cc1F. The molecule has 26 heavy (non-hydrogen) atoms. The fourth-order valence-electron chi connectivity index (χ4n) is 2.48. The summed E-state index contributed by atoms with van der Waals surface area (Å²) in [5.41, 5.74) is 0.780. The van der Waals surface area contributed by atoms with Gasteiger partial charge in [0.1, 0.15) is 5.82 Å². The summed E-state index contributed by atoms with van der Waals surface area (Å²) in [5.74, 6) is -1.23. The topological polar surface area (TPSA) is 64.4 Å². The van der Waals surface area contributed by atoms with Crippen LogP contribution in [0.15, 0.2) is 53.1 Å². The number of rotatable bonds is 5. The monoisotopic (exact) mass is 358 g/mol. The fraction of sp³-hybridized carbons (Fsp3) is 0.158. The minimum Gasteiger partial charge on any atom is -0.494 e. The number of methoxy groups -OCH3 is 1. The normalized spacial score (nSPS) is 11.8. The van der Waals surface area contributed by atoms with Gasteiger partial charge in [-0.2, -0.15) is 0 Å². The van der Waals surface area contributed by atoms with E-state index in [1.165, 1.54) is 37.4 Å². The number of amides is 1. The van der Waals surface area contributed by atoms with E-state index in [4.69, 9.17) is 9.26 Å². The lowest BCUT2D eigenvalue weighted by Gasteiger charge is -2.14. The van der Waals surface area contributed by atoms with E-state index in [9.17, 15) is 13.6 Å². The van der Waals surface area contributed by atoms with Crippen LogP contribution in [0.2, 0.25) is 0 Å². The molecule has 0 saturated carbocycles. The third-order valence-electron chi connectivity index (χ3n) is 3.91. The van der Waals surface area contributed by atoms with Gasteiger partial charge in [0, 0.05) is 6.07 Å². The molecule has 1 unspecified atom stereocenters. The van der Waals surface area contributed by atoms with E-state index >= 15 is 0 Å². The van der Waals surface area contributed by atoms with Crippen LogP contribution < -0.4 is 10.1 Å². The highest BCUT2D eigenvalue weighted by atomic mass is 19.1. The van der Waals surface area contributed by atoms with E-state index in [0.717, 1.165) is 0 Å². The molecule has 5 nitrogen and oxygen atoms in total. The van der Waals surface area contributed by atoms with Gasteiger partial charge in [-0.15, -0.1) is 0 Å². The minimum absolute atomic E-state index is 0.00378. The van der Waals surface area contributed by atoms with Crippen LogP contribution in [0.4, 0.5) is 8.78 Å². The summed E-state index contributed by atoms with van der Waals surface area (Å²) in [6, 6.07) is 11.3. The largest absolute Gasteiger partial charge is 0.494 e. The van der Waals surface area contributed by atoms with Crippen LogP contribution in [-0.2, 0) is 0 Å². The second-order valence-electron chi connectivity index (χ2n) is 5.65. The maximum absolute atomic E-state index is 13.8. The molecule has 3 rings (SSSR count). The van der Waals surface area contributed by atoms with Crippen LogP contribution in [0.1, 0.15) is 29.0 Å². The van der Waals surface area contributed by atoms with Gasteiger partial charge in [0.25, 0.3) is 5.91 Å². The standard InChI is InChI=1S/C19H16F2N2O3/c1-11(12-7-8-17(25-2)15(21)9-12)22-19(24)16-10-18(26-23-16)13-5-3-4-6-14(13)20/h3-11H,1-2H3,(H,22,24). The molecular weight excluding hydrogens is 342 g/mol. The predicted molar refractivity (Wildman–Crippen MR) is 90.7 cm³/mol. The molecule has 0 aliphatic rings. The predicted octanol–water partition coefficient (Wildman–Crippen LogP) is 4.12. The van der Waals surface area contributed by atoms with Crippen LogP contribution >= 0.6 is 0 Å². The molecular formula is C19H16F2N2O3. The summed E-state index contributed by atoms with van der Waals surface area (Å²) in [4.78, 5) is 12.3. The molecule has 1 atom stereocenters. The van der Waals surface area contributed by atoms with E-state index in [0.29, 0.717) is 5.56 Å². The number of halogens is 2. The Morgan fingerprint density at radius 1 is 1.15 bits per heavy atom. The summed E-state index contributed by atoms with van der Waals surface area (Å²) >= 11 is 0. The Hall–Kier alpha value is -3.22. The Labute approximate surface area is 148 Å². The summed E-state index contributed by atoms with van der Waals surface area (Å²) < 4.78 is 37.5. The van der Waals surface area contributed by atoms with Crippen molar-refractivity contribution in [1.29, 1.82) is 0 Å². The molecule has 0 fully saturated rings. The summed E-state index contributed by atoms with van der Waals surface area (Å²) in [7, 11) is 1.38. The fourth-order valence-corrected chi connectivity index (χ4v) is 2.48. The second-order valence-corrected chi connectivity index (χ2v) is 5.65. The highest BCUT2D eigenvalue weighted by Crippen LogP contribution is 2.24. The van der Waals surface area contributed by atoms with Gasteiger partial charge in [-0.05, 0) is 36.8 Å². The number of carbonyl (C=O) groups excluding carboxylic acids is 1. The number of hydrogen-bond acceptors (Lipinski definition) is 4. The Morgan fingerprint density at radius 2 is 1.92 bits per heavy atom. The minimum atomic E-state index is -0.519. The third-order valence-corrected chi connectivity index (χ3v) is 3.91. The van der Waals surface area contributed by atoms with Gasteiger partial charge < -0.3 is 14.6 Å². The first-order valence-corrected chi connectivity index (χ1v) is 7.85. The quantitative estimate of drug-likeness (QED) is 0.745. The number of ether oxygens (including phenoxy) is 1. The maximum atomic E-state index is 13.8. The van der Waals surface area contributed by atoms with Crippen LogP contribution in [-0.4, -0.2) is 18.2 Å². The Bertz CT molecular complexity index is 940. The van der Waals surface area contributed by atoms with Gasteiger partial charge in [0.2, 0.25) is 0 Å². The molecule has 134 valence electrons. The molecule has 1 amide bonds. The van der Waals surface area contributed by atoms with E-state index in [1.54, 1.807) is 25.1 Å². The lowest BCUT2D eigenvalue weighted by molar-refractivity contribution is 0.0930.